The molecule has 2 aliphatic rings. The smallest absolute Gasteiger partial charge is 0.243 e. The Bertz CT molecular complexity index is 1150. The first-order valence-electron chi connectivity index (χ1n) is 11.5. The van der Waals surface area contributed by atoms with E-state index in [9.17, 15) is 18.0 Å². The number of nitrogens with zero attached hydrogens (tertiary/aromatic N) is 2. The third-order valence-corrected chi connectivity index (χ3v) is 8.32. The Hall–Kier alpha value is -2.71. The summed E-state index contributed by atoms with van der Waals surface area (Å²) in [5, 5.41) is 2.93. The lowest BCUT2D eigenvalue weighted by molar-refractivity contribution is -0.125. The first kappa shape index (κ1) is 23.4. The number of carbonyl (C=O) groups is 2. The molecule has 4 rings (SSSR count). The topological polar surface area (TPSA) is 86.8 Å². The summed E-state index contributed by atoms with van der Waals surface area (Å²) in [6.07, 6.45) is 4.11. The summed E-state index contributed by atoms with van der Waals surface area (Å²) in [6, 6.07) is 12.0. The summed E-state index contributed by atoms with van der Waals surface area (Å²) in [4.78, 5) is 27.2. The van der Waals surface area contributed by atoms with Crippen LogP contribution in [0.2, 0.25) is 0 Å². The van der Waals surface area contributed by atoms with Crippen LogP contribution < -0.4 is 10.2 Å². The normalized spacial score (nSPS) is 19.1. The molecule has 2 aromatic carbocycles. The van der Waals surface area contributed by atoms with Crippen molar-refractivity contribution < 1.29 is 18.0 Å². The molecule has 0 aromatic heterocycles. The van der Waals surface area contributed by atoms with E-state index in [4.69, 9.17) is 0 Å². The second kappa shape index (κ2) is 9.65. The molecule has 2 aromatic rings. The molecule has 0 radical (unpaired) electrons. The van der Waals surface area contributed by atoms with Gasteiger partial charge in [-0.3, -0.25) is 14.5 Å². The monoisotopic (exact) mass is 469 g/mol. The van der Waals surface area contributed by atoms with E-state index in [0.29, 0.717) is 30.9 Å². The van der Waals surface area contributed by atoms with Gasteiger partial charge in [0, 0.05) is 38.7 Å². The number of nitrogens with one attached hydrogen (secondary N) is 1. The maximum Gasteiger partial charge on any atom is 0.243 e. The summed E-state index contributed by atoms with van der Waals surface area (Å²) in [5.74, 6) is -0.493. The van der Waals surface area contributed by atoms with Crippen LogP contribution in [0.5, 0.6) is 0 Å². The molecule has 1 saturated heterocycles. The van der Waals surface area contributed by atoms with E-state index in [-0.39, 0.29) is 23.1 Å². The zero-order chi connectivity index (χ0) is 23.6. The van der Waals surface area contributed by atoms with Gasteiger partial charge in [-0.25, -0.2) is 8.42 Å². The predicted molar refractivity (Wildman–Crippen MR) is 127 cm³/mol. The summed E-state index contributed by atoms with van der Waals surface area (Å²) in [6.45, 7) is 4.85. The van der Waals surface area contributed by atoms with Crippen molar-refractivity contribution in [2.24, 2.45) is 0 Å². The Kier molecular flexibility index (Phi) is 6.86. The molecule has 0 unspecified atom stereocenters. The van der Waals surface area contributed by atoms with Gasteiger partial charge in [-0.15, -0.1) is 0 Å². The lowest BCUT2D eigenvalue weighted by atomic mass is 10.1. The van der Waals surface area contributed by atoms with Gasteiger partial charge in [0.2, 0.25) is 21.8 Å². The first-order chi connectivity index (χ1) is 15.8. The van der Waals surface area contributed by atoms with Crippen molar-refractivity contribution in [1.29, 1.82) is 0 Å². The molecule has 7 nitrogen and oxygen atoms in total. The van der Waals surface area contributed by atoms with Crippen LogP contribution in [0.15, 0.2) is 47.4 Å². The van der Waals surface area contributed by atoms with Crippen molar-refractivity contribution in [2.45, 2.75) is 63.4 Å². The van der Waals surface area contributed by atoms with Gasteiger partial charge in [-0.2, -0.15) is 4.31 Å². The van der Waals surface area contributed by atoms with Crippen molar-refractivity contribution in [2.75, 3.05) is 18.0 Å². The van der Waals surface area contributed by atoms with E-state index in [1.165, 1.54) is 11.8 Å². The van der Waals surface area contributed by atoms with Gasteiger partial charge in [-0.1, -0.05) is 42.7 Å². The molecule has 0 saturated carbocycles. The van der Waals surface area contributed by atoms with Crippen molar-refractivity contribution in [3.05, 3.63) is 59.2 Å². The summed E-state index contributed by atoms with van der Waals surface area (Å²) < 4.78 is 28.0. The van der Waals surface area contributed by atoms with Crippen molar-refractivity contribution in [3.63, 3.8) is 0 Å². The van der Waals surface area contributed by atoms with Crippen LogP contribution in [0.1, 0.15) is 49.3 Å². The molecule has 2 heterocycles. The molecule has 0 spiro atoms. The number of hydrogen-bond acceptors (Lipinski definition) is 4. The second-order valence-electron chi connectivity index (χ2n) is 8.92. The lowest BCUT2D eigenvalue weighted by Gasteiger charge is -2.24. The Morgan fingerprint density at radius 2 is 1.76 bits per heavy atom. The van der Waals surface area contributed by atoms with Gasteiger partial charge in [0.25, 0.3) is 0 Å². The highest BCUT2D eigenvalue weighted by atomic mass is 32.2. The van der Waals surface area contributed by atoms with Gasteiger partial charge in [0.15, 0.2) is 0 Å². The number of benzene rings is 2. The fourth-order valence-electron chi connectivity index (χ4n) is 4.75. The maximum absolute atomic E-state index is 13.2. The number of sulfonamides is 1. The minimum Gasteiger partial charge on any atom is -0.350 e. The van der Waals surface area contributed by atoms with E-state index in [1.54, 1.807) is 22.5 Å². The second-order valence-corrected chi connectivity index (χ2v) is 10.9. The summed E-state index contributed by atoms with van der Waals surface area (Å²) in [5.41, 5.74) is 3.41. The molecule has 0 aliphatic carbocycles. The SMILES string of the molecule is CC(=O)N1c2ccc(S(=O)(=O)N3CCCCCC3)cc2C[C@@H]1C(=O)NCc1cccc(C)c1. The lowest BCUT2D eigenvalue weighted by Crippen LogP contribution is -2.47. The molecular formula is C25H31N3O4S. The fraction of sp³-hybridized carbons (Fsp3) is 0.440. The standard InChI is InChI=1S/C25H31N3O4S/c1-18-8-7-9-20(14-18)17-26-25(30)24-16-21-15-22(10-11-23(21)28(24)19(2)29)33(31,32)27-12-5-3-4-6-13-27/h7-11,14-15,24H,3-6,12-13,16-17H2,1-2H3,(H,26,30)/t24-/m1/s1. The quantitative estimate of drug-likeness (QED) is 0.729. The largest absolute Gasteiger partial charge is 0.350 e. The van der Waals surface area contributed by atoms with Gasteiger partial charge in [-0.05, 0) is 49.1 Å². The molecule has 1 N–H and O–H groups in total. The average Bonchev–Trinajstić information content (AvgIpc) is 2.95. The van der Waals surface area contributed by atoms with Gasteiger partial charge >= 0.3 is 0 Å². The molecule has 33 heavy (non-hydrogen) atoms. The molecule has 1 fully saturated rings. The number of fused-ring (bicyclic) bond motifs is 1. The van der Waals surface area contributed by atoms with Crippen LogP contribution in [-0.2, 0) is 32.6 Å². The fourth-order valence-corrected chi connectivity index (χ4v) is 6.32. The summed E-state index contributed by atoms with van der Waals surface area (Å²) >= 11 is 0. The molecule has 0 bridgehead atoms. The Morgan fingerprint density at radius 3 is 2.42 bits per heavy atom. The van der Waals surface area contributed by atoms with Crippen LogP contribution in [0.3, 0.4) is 0 Å². The zero-order valence-corrected chi connectivity index (χ0v) is 20.0. The van der Waals surface area contributed by atoms with E-state index in [1.807, 2.05) is 31.2 Å². The van der Waals surface area contributed by atoms with Gasteiger partial charge < -0.3 is 5.32 Å². The van der Waals surface area contributed by atoms with E-state index >= 15 is 0 Å². The molecular weight excluding hydrogens is 438 g/mol. The highest BCUT2D eigenvalue weighted by molar-refractivity contribution is 7.89. The van der Waals surface area contributed by atoms with Gasteiger partial charge in [0.05, 0.1) is 4.90 Å². The average molecular weight is 470 g/mol. The molecule has 1 atom stereocenters. The minimum absolute atomic E-state index is 0.229. The van der Waals surface area contributed by atoms with E-state index in [2.05, 4.69) is 5.32 Å². The zero-order valence-electron chi connectivity index (χ0n) is 19.2. The van der Waals surface area contributed by atoms with Crippen molar-refractivity contribution in [1.82, 2.24) is 9.62 Å². The van der Waals surface area contributed by atoms with Gasteiger partial charge in [0.1, 0.15) is 6.04 Å². The van der Waals surface area contributed by atoms with Crippen LogP contribution in [0, 0.1) is 6.92 Å². The minimum atomic E-state index is -3.60. The van der Waals surface area contributed by atoms with Crippen molar-refractivity contribution >= 4 is 27.5 Å². The molecule has 8 heteroatoms. The Balaban J connectivity index is 1.54. The first-order valence-corrected chi connectivity index (χ1v) is 13.0. The number of carbonyl (C=O) groups excluding carboxylic acids is 2. The highest BCUT2D eigenvalue weighted by Crippen LogP contribution is 2.35. The molecule has 2 aliphatic heterocycles. The third kappa shape index (κ3) is 4.96. The summed E-state index contributed by atoms with van der Waals surface area (Å²) in [7, 11) is -3.60. The predicted octanol–water partition coefficient (Wildman–Crippen LogP) is 3.15. The van der Waals surface area contributed by atoms with E-state index < -0.39 is 16.1 Å². The van der Waals surface area contributed by atoms with Crippen LogP contribution in [-0.4, -0.2) is 43.7 Å². The number of amides is 2. The van der Waals surface area contributed by atoms with E-state index in [0.717, 1.165) is 36.8 Å². The number of aryl methyl sites for hydroxylation is 1. The highest BCUT2D eigenvalue weighted by Gasteiger charge is 2.38. The molecule has 2 amide bonds. The Labute approximate surface area is 195 Å². The van der Waals surface area contributed by atoms with Crippen molar-refractivity contribution in [3.8, 4) is 0 Å². The Morgan fingerprint density at radius 1 is 1.03 bits per heavy atom. The molecule has 176 valence electrons. The number of rotatable bonds is 5. The van der Waals surface area contributed by atoms with Crippen LogP contribution in [0.4, 0.5) is 5.69 Å². The third-order valence-electron chi connectivity index (χ3n) is 6.43. The number of hydrogen-bond donors (Lipinski definition) is 1. The number of anilines is 1. The maximum atomic E-state index is 13.2. The van der Waals surface area contributed by atoms with Crippen LogP contribution >= 0.6 is 0 Å². The van der Waals surface area contributed by atoms with Crippen LogP contribution in [0.25, 0.3) is 0 Å².